The number of likely N-dealkylation sites (N-methyl/N-ethyl adjacent to an activating group) is 1. The predicted octanol–water partition coefficient (Wildman–Crippen LogP) is 2.79. The van der Waals surface area contributed by atoms with E-state index < -0.39 is 19.4 Å². The van der Waals surface area contributed by atoms with E-state index in [4.69, 9.17) is 32.5 Å². The Morgan fingerprint density at radius 2 is 1.36 bits per heavy atom. The molecule has 166 valence electrons. The van der Waals surface area contributed by atoms with Crippen molar-refractivity contribution < 1.29 is 37.1 Å². The van der Waals surface area contributed by atoms with Gasteiger partial charge in [-0.25, -0.2) is 4.57 Å². The molecule has 0 bridgehead atoms. The quantitative estimate of drug-likeness (QED) is 0.438. The van der Waals surface area contributed by atoms with Crippen LogP contribution in [0.15, 0.2) is 0 Å². The largest absolute Gasteiger partial charge is 0.475 e. The molecule has 2 unspecified atom stereocenters. The van der Waals surface area contributed by atoms with E-state index in [2.05, 4.69) is 18.7 Å². The molecule has 0 aromatic heterocycles. The van der Waals surface area contributed by atoms with Gasteiger partial charge in [0.2, 0.25) is 0 Å². The minimum absolute atomic E-state index is 0.0551. The molecule has 2 atom stereocenters. The highest BCUT2D eigenvalue weighted by Gasteiger charge is 2.38. The first-order chi connectivity index (χ1) is 13.1. The SMILES string of the molecule is CCN(CC)CCOP(=O)(OCC1COC(C)(C)O1)OCC1COC(C)(C)O1. The van der Waals surface area contributed by atoms with E-state index in [1.165, 1.54) is 0 Å². The Balaban J connectivity index is 1.87. The molecular weight excluding hydrogens is 389 g/mol. The molecule has 0 radical (unpaired) electrons. The first-order valence-electron chi connectivity index (χ1n) is 9.96. The standard InChI is InChI=1S/C18H36NO8P/c1-7-19(8-2)9-10-23-28(20,24-13-15-11-21-17(3,4)26-15)25-14-16-12-22-18(5,6)27-16/h15-16H,7-14H2,1-6H3. The van der Waals surface area contributed by atoms with Crippen LogP contribution in [0.25, 0.3) is 0 Å². The van der Waals surface area contributed by atoms with Crippen LogP contribution >= 0.6 is 7.82 Å². The zero-order chi connectivity index (χ0) is 20.8. The molecule has 2 aliphatic heterocycles. The maximum Gasteiger partial charge on any atom is 0.475 e. The van der Waals surface area contributed by atoms with Gasteiger partial charge in [0.15, 0.2) is 11.6 Å². The zero-order valence-electron chi connectivity index (χ0n) is 18.0. The fraction of sp³-hybridized carbons (Fsp3) is 1.00. The van der Waals surface area contributed by atoms with E-state index in [1.807, 2.05) is 27.7 Å². The Hall–Kier alpha value is -0.0900. The summed E-state index contributed by atoms with van der Waals surface area (Å²) in [6.45, 7) is 14.9. The average Bonchev–Trinajstić information content (AvgIpc) is 3.16. The van der Waals surface area contributed by atoms with Crippen molar-refractivity contribution in [2.45, 2.75) is 65.3 Å². The second-order valence-corrected chi connectivity index (χ2v) is 9.47. The lowest BCUT2D eigenvalue weighted by atomic mass is 10.4. The molecule has 0 aromatic carbocycles. The molecule has 2 saturated heterocycles. The number of hydrogen-bond donors (Lipinski definition) is 0. The van der Waals surface area contributed by atoms with Gasteiger partial charge in [0.05, 0.1) is 33.0 Å². The first kappa shape index (κ1) is 24.2. The van der Waals surface area contributed by atoms with Gasteiger partial charge >= 0.3 is 7.82 Å². The number of nitrogens with zero attached hydrogens (tertiary/aromatic N) is 1. The molecule has 2 rings (SSSR count). The maximum absolute atomic E-state index is 13.1. The Morgan fingerprint density at radius 1 is 0.893 bits per heavy atom. The van der Waals surface area contributed by atoms with Gasteiger partial charge in [-0.2, -0.15) is 0 Å². The van der Waals surface area contributed by atoms with Crippen molar-refractivity contribution in [3.8, 4) is 0 Å². The second-order valence-electron chi connectivity index (χ2n) is 7.80. The van der Waals surface area contributed by atoms with E-state index in [-0.39, 0.29) is 32.0 Å². The number of hydrogen-bond acceptors (Lipinski definition) is 9. The van der Waals surface area contributed by atoms with Crippen LogP contribution < -0.4 is 0 Å². The van der Waals surface area contributed by atoms with Gasteiger partial charge in [-0.15, -0.1) is 0 Å². The van der Waals surface area contributed by atoms with Gasteiger partial charge < -0.3 is 23.8 Å². The van der Waals surface area contributed by atoms with Crippen LogP contribution in [0.5, 0.6) is 0 Å². The van der Waals surface area contributed by atoms with Crippen LogP contribution in [0.3, 0.4) is 0 Å². The fourth-order valence-electron chi connectivity index (χ4n) is 2.97. The molecule has 0 spiro atoms. The molecule has 2 fully saturated rings. The number of phosphoric ester groups is 1. The average molecular weight is 425 g/mol. The molecule has 0 N–H and O–H groups in total. The van der Waals surface area contributed by atoms with E-state index in [9.17, 15) is 4.57 Å². The van der Waals surface area contributed by atoms with E-state index >= 15 is 0 Å². The van der Waals surface area contributed by atoms with Crippen LogP contribution in [0.2, 0.25) is 0 Å². The molecule has 10 heteroatoms. The maximum atomic E-state index is 13.1. The van der Waals surface area contributed by atoms with Crippen molar-refractivity contribution in [1.29, 1.82) is 0 Å². The van der Waals surface area contributed by atoms with Gasteiger partial charge in [0, 0.05) is 6.54 Å². The molecule has 2 aliphatic rings. The predicted molar refractivity (Wildman–Crippen MR) is 103 cm³/mol. The van der Waals surface area contributed by atoms with Crippen LogP contribution in [0, 0.1) is 0 Å². The second kappa shape index (κ2) is 10.3. The van der Waals surface area contributed by atoms with Crippen LogP contribution in [0.4, 0.5) is 0 Å². The third-order valence-electron chi connectivity index (χ3n) is 4.52. The van der Waals surface area contributed by atoms with Crippen molar-refractivity contribution in [3.63, 3.8) is 0 Å². The summed E-state index contributed by atoms with van der Waals surface area (Å²) < 4.78 is 52.2. The summed E-state index contributed by atoms with van der Waals surface area (Å²) in [5.74, 6) is -1.35. The third kappa shape index (κ3) is 7.97. The smallest absolute Gasteiger partial charge is 0.348 e. The molecule has 28 heavy (non-hydrogen) atoms. The Morgan fingerprint density at radius 3 is 1.71 bits per heavy atom. The highest BCUT2D eigenvalue weighted by Crippen LogP contribution is 2.50. The summed E-state index contributed by atoms with van der Waals surface area (Å²) in [5, 5.41) is 0. The van der Waals surface area contributed by atoms with Crippen LogP contribution in [-0.2, 0) is 37.1 Å². The molecule has 0 saturated carbocycles. The third-order valence-corrected chi connectivity index (χ3v) is 5.95. The number of phosphoric acid groups is 1. The van der Waals surface area contributed by atoms with Crippen molar-refractivity contribution in [2.75, 3.05) is 52.7 Å². The molecule has 2 heterocycles. The molecule has 0 aromatic rings. The molecular formula is C18H36NO8P. The van der Waals surface area contributed by atoms with E-state index in [0.29, 0.717) is 19.8 Å². The van der Waals surface area contributed by atoms with Gasteiger partial charge in [0.1, 0.15) is 12.2 Å². The summed E-state index contributed by atoms with van der Waals surface area (Å²) in [5.41, 5.74) is 0. The van der Waals surface area contributed by atoms with Gasteiger partial charge in [-0.3, -0.25) is 13.6 Å². The van der Waals surface area contributed by atoms with Crippen molar-refractivity contribution in [2.24, 2.45) is 0 Å². The highest BCUT2D eigenvalue weighted by molar-refractivity contribution is 7.48. The number of rotatable bonds is 12. The topological polar surface area (TPSA) is 84.9 Å². The van der Waals surface area contributed by atoms with Crippen molar-refractivity contribution in [1.82, 2.24) is 4.90 Å². The van der Waals surface area contributed by atoms with Gasteiger partial charge in [-0.05, 0) is 40.8 Å². The first-order valence-corrected chi connectivity index (χ1v) is 11.4. The van der Waals surface area contributed by atoms with Crippen LogP contribution in [-0.4, -0.2) is 81.4 Å². The van der Waals surface area contributed by atoms with Gasteiger partial charge in [0.25, 0.3) is 0 Å². The monoisotopic (exact) mass is 425 g/mol. The summed E-state index contributed by atoms with van der Waals surface area (Å²) in [6.07, 6.45) is -0.661. The Labute approximate surface area is 168 Å². The lowest BCUT2D eigenvalue weighted by Gasteiger charge is -2.23. The fourth-order valence-corrected chi connectivity index (χ4v) is 4.20. The van der Waals surface area contributed by atoms with E-state index in [1.54, 1.807) is 0 Å². The number of ether oxygens (including phenoxy) is 4. The molecule has 0 aliphatic carbocycles. The Bertz CT molecular complexity index is 492. The highest BCUT2D eigenvalue weighted by atomic mass is 31.2. The van der Waals surface area contributed by atoms with E-state index in [0.717, 1.165) is 13.1 Å². The molecule has 9 nitrogen and oxygen atoms in total. The molecule has 0 amide bonds. The minimum atomic E-state index is -3.78. The minimum Gasteiger partial charge on any atom is -0.348 e. The summed E-state index contributed by atoms with van der Waals surface area (Å²) >= 11 is 0. The summed E-state index contributed by atoms with van der Waals surface area (Å²) in [4.78, 5) is 2.16. The lowest BCUT2D eigenvalue weighted by Crippen LogP contribution is -2.28. The van der Waals surface area contributed by atoms with Crippen molar-refractivity contribution >= 4 is 7.82 Å². The summed E-state index contributed by atoms with van der Waals surface area (Å²) in [7, 11) is -3.78. The Kier molecular flexibility index (Phi) is 8.88. The van der Waals surface area contributed by atoms with Crippen LogP contribution in [0.1, 0.15) is 41.5 Å². The van der Waals surface area contributed by atoms with Crippen molar-refractivity contribution in [3.05, 3.63) is 0 Å². The summed E-state index contributed by atoms with van der Waals surface area (Å²) in [6, 6.07) is 0. The lowest BCUT2D eigenvalue weighted by molar-refractivity contribution is -0.144. The zero-order valence-corrected chi connectivity index (χ0v) is 18.9. The normalized spacial score (nSPS) is 28.7. The van der Waals surface area contributed by atoms with Gasteiger partial charge in [-0.1, -0.05) is 13.8 Å².